The van der Waals surface area contributed by atoms with E-state index in [0.29, 0.717) is 6.42 Å². The second kappa shape index (κ2) is 8.20. The number of rotatable bonds is 8. The molecule has 0 unspecified atom stereocenters. The van der Waals surface area contributed by atoms with E-state index in [9.17, 15) is 4.79 Å². The highest BCUT2D eigenvalue weighted by Gasteiger charge is 1.99. The second-order valence-corrected chi connectivity index (χ2v) is 3.31. The average Bonchev–Trinajstić information content (AvgIpc) is 2.04. The highest BCUT2D eigenvalue weighted by atomic mass is 16.5. The lowest BCUT2D eigenvalue weighted by molar-refractivity contribution is -0.117. The molecule has 0 aromatic rings. The van der Waals surface area contributed by atoms with Crippen LogP contribution in [-0.4, -0.2) is 44.0 Å². The van der Waals surface area contributed by atoms with Crippen LogP contribution in [0.4, 0.5) is 0 Å². The van der Waals surface area contributed by atoms with Crippen molar-refractivity contribution in [2.75, 3.05) is 33.4 Å². The van der Waals surface area contributed by atoms with Crippen LogP contribution >= 0.6 is 0 Å². The van der Waals surface area contributed by atoms with Crippen molar-refractivity contribution in [1.29, 1.82) is 0 Å². The smallest absolute Gasteiger partial charge is 0.129 e. The van der Waals surface area contributed by atoms with E-state index in [1.54, 1.807) is 6.92 Å². The van der Waals surface area contributed by atoms with Gasteiger partial charge in [0.25, 0.3) is 0 Å². The van der Waals surface area contributed by atoms with Crippen LogP contribution in [0.2, 0.25) is 0 Å². The third-order valence-electron chi connectivity index (χ3n) is 1.89. The number of hydrogen-bond acceptors (Lipinski definition) is 3. The predicted molar refractivity (Wildman–Crippen MR) is 53.9 cm³/mol. The predicted octanol–water partition coefficient (Wildman–Crippen LogP) is 1.32. The van der Waals surface area contributed by atoms with E-state index in [1.807, 2.05) is 6.92 Å². The lowest BCUT2D eigenvalue weighted by Crippen LogP contribution is -2.24. The maximum Gasteiger partial charge on any atom is 0.129 e. The monoisotopic (exact) mass is 187 g/mol. The molecule has 0 aliphatic rings. The van der Waals surface area contributed by atoms with Crippen molar-refractivity contribution in [3.05, 3.63) is 0 Å². The molecule has 0 aliphatic heterocycles. The Morgan fingerprint density at radius 1 is 1.38 bits per heavy atom. The second-order valence-electron chi connectivity index (χ2n) is 3.31. The molecule has 3 heteroatoms. The Hall–Kier alpha value is -0.410. The summed E-state index contributed by atoms with van der Waals surface area (Å²) in [5.41, 5.74) is 0. The van der Waals surface area contributed by atoms with Gasteiger partial charge in [-0.1, -0.05) is 0 Å². The molecule has 0 spiro atoms. The molecular weight excluding hydrogens is 166 g/mol. The largest absolute Gasteiger partial charge is 0.380 e. The van der Waals surface area contributed by atoms with Gasteiger partial charge in [0, 0.05) is 19.6 Å². The van der Waals surface area contributed by atoms with Crippen molar-refractivity contribution in [3.63, 3.8) is 0 Å². The molecule has 0 bridgehead atoms. The molecule has 0 heterocycles. The van der Waals surface area contributed by atoms with E-state index in [-0.39, 0.29) is 5.78 Å². The quantitative estimate of drug-likeness (QED) is 0.537. The van der Waals surface area contributed by atoms with Crippen LogP contribution in [0, 0.1) is 0 Å². The van der Waals surface area contributed by atoms with Crippen molar-refractivity contribution in [1.82, 2.24) is 4.90 Å². The van der Waals surface area contributed by atoms with Crippen LogP contribution in [0.5, 0.6) is 0 Å². The minimum absolute atomic E-state index is 0.276. The summed E-state index contributed by atoms with van der Waals surface area (Å²) in [7, 11) is 2.05. The molecule has 0 saturated heterocycles. The molecule has 0 atom stereocenters. The fourth-order valence-electron chi connectivity index (χ4n) is 1.07. The third kappa shape index (κ3) is 9.50. The number of likely N-dealkylation sites (N-methyl/N-ethyl adjacent to an activating group) is 1. The average molecular weight is 187 g/mol. The fraction of sp³-hybridized carbons (Fsp3) is 0.900. The number of ketones is 1. The Labute approximate surface area is 81.1 Å². The first kappa shape index (κ1) is 12.6. The fourth-order valence-corrected chi connectivity index (χ4v) is 1.07. The van der Waals surface area contributed by atoms with E-state index in [0.717, 1.165) is 32.7 Å². The van der Waals surface area contributed by atoms with Crippen molar-refractivity contribution < 1.29 is 9.53 Å². The third-order valence-corrected chi connectivity index (χ3v) is 1.89. The number of Topliss-reactive ketones (excluding diaryl/α,β-unsaturated/α-hetero) is 1. The Morgan fingerprint density at radius 3 is 2.62 bits per heavy atom. The lowest BCUT2D eigenvalue weighted by atomic mass is 10.2. The normalized spacial score (nSPS) is 10.8. The molecule has 78 valence electrons. The molecule has 0 aromatic carbocycles. The SMILES string of the molecule is CCOCCN(C)CCCC(C)=O. The maximum atomic E-state index is 10.6. The van der Waals surface area contributed by atoms with Crippen molar-refractivity contribution in [2.24, 2.45) is 0 Å². The van der Waals surface area contributed by atoms with Crippen LogP contribution in [0.3, 0.4) is 0 Å². The van der Waals surface area contributed by atoms with Crippen molar-refractivity contribution in [2.45, 2.75) is 26.7 Å². The molecule has 0 fully saturated rings. The molecule has 0 aliphatic carbocycles. The van der Waals surface area contributed by atoms with Gasteiger partial charge >= 0.3 is 0 Å². The topological polar surface area (TPSA) is 29.5 Å². The van der Waals surface area contributed by atoms with Gasteiger partial charge in [0.05, 0.1) is 6.61 Å². The van der Waals surface area contributed by atoms with Crippen LogP contribution in [-0.2, 0) is 9.53 Å². The number of nitrogens with zero attached hydrogens (tertiary/aromatic N) is 1. The van der Waals surface area contributed by atoms with E-state index in [4.69, 9.17) is 4.74 Å². The minimum atomic E-state index is 0.276. The van der Waals surface area contributed by atoms with Gasteiger partial charge in [-0.3, -0.25) is 0 Å². The van der Waals surface area contributed by atoms with Gasteiger partial charge in [-0.2, -0.15) is 0 Å². The van der Waals surface area contributed by atoms with Gasteiger partial charge < -0.3 is 14.4 Å². The van der Waals surface area contributed by atoms with Crippen LogP contribution in [0.15, 0.2) is 0 Å². The Bertz CT molecular complexity index is 137. The molecular formula is C10H21NO2. The summed E-state index contributed by atoms with van der Waals surface area (Å²) in [5.74, 6) is 0.276. The van der Waals surface area contributed by atoms with E-state index < -0.39 is 0 Å². The standard InChI is InChI=1S/C10H21NO2/c1-4-13-9-8-11(3)7-5-6-10(2)12/h4-9H2,1-3H3. The molecule has 0 rings (SSSR count). The van der Waals surface area contributed by atoms with E-state index in [1.165, 1.54) is 0 Å². The van der Waals surface area contributed by atoms with Crippen LogP contribution in [0.1, 0.15) is 26.7 Å². The number of carbonyl (C=O) groups excluding carboxylic acids is 1. The Morgan fingerprint density at radius 2 is 2.08 bits per heavy atom. The first-order valence-corrected chi connectivity index (χ1v) is 4.92. The van der Waals surface area contributed by atoms with Gasteiger partial charge in [-0.05, 0) is 33.9 Å². The molecule has 13 heavy (non-hydrogen) atoms. The van der Waals surface area contributed by atoms with Crippen molar-refractivity contribution >= 4 is 5.78 Å². The summed E-state index contributed by atoms with van der Waals surface area (Å²) >= 11 is 0. The van der Waals surface area contributed by atoms with E-state index in [2.05, 4.69) is 11.9 Å². The van der Waals surface area contributed by atoms with Crippen molar-refractivity contribution in [3.8, 4) is 0 Å². The summed E-state index contributed by atoms with van der Waals surface area (Å²) in [6.07, 6.45) is 1.65. The molecule has 0 aromatic heterocycles. The molecule has 0 N–H and O–H groups in total. The van der Waals surface area contributed by atoms with Crippen LogP contribution < -0.4 is 0 Å². The minimum Gasteiger partial charge on any atom is -0.380 e. The summed E-state index contributed by atoms with van der Waals surface area (Å²) in [6.45, 7) is 7.13. The molecule has 3 nitrogen and oxygen atoms in total. The van der Waals surface area contributed by atoms with Gasteiger partial charge in [-0.25, -0.2) is 0 Å². The summed E-state index contributed by atoms with van der Waals surface area (Å²) in [6, 6.07) is 0. The first-order chi connectivity index (χ1) is 6.16. The Balaban J connectivity index is 3.19. The van der Waals surface area contributed by atoms with Gasteiger partial charge in [-0.15, -0.1) is 0 Å². The number of carbonyl (C=O) groups is 1. The zero-order chi connectivity index (χ0) is 10.1. The molecule has 0 radical (unpaired) electrons. The van der Waals surface area contributed by atoms with Crippen LogP contribution in [0.25, 0.3) is 0 Å². The lowest BCUT2D eigenvalue weighted by Gasteiger charge is -2.15. The number of hydrogen-bond donors (Lipinski definition) is 0. The van der Waals surface area contributed by atoms with Gasteiger partial charge in [0.15, 0.2) is 0 Å². The van der Waals surface area contributed by atoms with E-state index >= 15 is 0 Å². The van der Waals surface area contributed by atoms with Gasteiger partial charge in [0.2, 0.25) is 0 Å². The molecule has 0 saturated carbocycles. The highest BCUT2D eigenvalue weighted by molar-refractivity contribution is 5.75. The number of ether oxygens (including phenoxy) is 1. The summed E-state index contributed by atoms with van der Waals surface area (Å²) in [5, 5.41) is 0. The van der Waals surface area contributed by atoms with Gasteiger partial charge in [0.1, 0.15) is 5.78 Å². The maximum absolute atomic E-state index is 10.6. The zero-order valence-corrected chi connectivity index (χ0v) is 9.01. The summed E-state index contributed by atoms with van der Waals surface area (Å²) in [4.78, 5) is 12.8. The zero-order valence-electron chi connectivity index (χ0n) is 9.01. The summed E-state index contributed by atoms with van der Waals surface area (Å²) < 4.78 is 5.22. The Kier molecular flexibility index (Phi) is 7.94. The highest BCUT2D eigenvalue weighted by Crippen LogP contribution is 1.93. The molecule has 0 amide bonds. The first-order valence-electron chi connectivity index (χ1n) is 4.92.